The number of nitrogens with one attached hydrogen (secondary N) is 1. The molecule has 22 heavy (non-hydrogen) atoms. The van der Waals surface area contributed by atoms with Gasteiger partial charge in [0.15, 0.2) is 0 Å². The first kappa shape index (κ1) is 16.2. The third kappa shape index (κ3) is 5.00. The predicted molar refractivity (Wildman–Crippen MR) is 87.0 cm³/mol. The molecule has 0 saturated carbocycles. The number of rotatable bonds is 7. The molecule has 5 heteroatoms. The number of aliphatic carboxylic acids is 1. The molecule has 2 N–H and O–H groups in total. The van der Waals surface area contributed by atoms with Gasteiger partial charge in [-0.3, -0.25) is 9.59 Å². The van der Waals surface area contributed by atoms with Gasteiger partial charge in [0.25, 0.3) is 0 Å². The second kappa shape index (κ2) is 7.75. The van der Waals surface area contributed by atoms with E-state index in [-0.39, 0.29) is 12.5 Å². The molecule has 1 heterocycles. The van der Waals surface area contributed by atoms with E-state index in [9.17, 15) is 14.7 Å². The van der Waals surface area contributed by atoms with Crippen molar-refractivity contribution in [2.24, 2.45) is 5.92 Å². The molecule has 2 rings (SSSR count). The molecular formula is C17H19NO3S. The number of carbonyl (C=O) groups excluding carboxylic acids is 1. The SMILES string of the molecule is Cc1cccc(CC(CNC(=O)Cc2ccsc2)C(=O)O)c1. The molecule has 1 aromatic carbocycles. The molecule has 2 aromatic rings. The number of amides is 1. The summed E-state index contributed by atoms with van der Waals surface area (Å²) >= 11 is 1.54. The van der Waals surface area contributed by atoms with Gasteiger partial charge in [-0.2, -0.15) is 11.3 Å². The molecule has 0 aliphatic heterocycles. The number of hydrogen-bond acceptors (Lipinski definition) is 3. The van der Waals surface area contributed by atoms with Crippen molar-refractivity contribution in [3.8, 4) is 0 Å². The summed E-state index contributed by atoms with van der Waals surface area (Å²) in [6, 6.07) is 9.67. The smallest absolute Gasteiger partial charge is 0.308 e. The van der Waals surface area contributed by atoms with E-state index in [4.69, 9.17) is 0 Å². The largest absolute Gasteiger partial charge is 0.481 e. The number of thiophene rings is 1. The lowest BCUT2D eigenvalue weighted by molar-refractivity contribution is -0.141. The maximum absolute atomic E-state index is 11.8. The van der Waals surface area contributed by atoms with E-state index < -0.39 is 11.9 Å². The Bertz CT molecular complexity index is 637. The summed E-state index contributed by atoms with van der Waals surface area (Å²) in [7, 11) is 0. The molecule has 116 valence electrons. The van der Waals surface area contributed by atoms with E-state index in [2.05, 4.69) is 5.32 Å². The van der Waals surface area contributed by atoms with Crippen LogP contribution >= 0.6 is 11.3 Å². The summed E-state index contributed by atoms with van der Waals surface area (Å²) in [5.41, 5.74) is 3.02. The molecule has 0 aliphatic rings. The van der Waals surface area contributed by atoms with Crippen molar-refractivity contribution in [3.05, 3.63) is 57.8 Å². The van der Waals surface area contributed by atoms with Crippen LogP contribution in [0.5, 0.6) is 0 Å². The van der Waals surface area contributed by atoms with E-state index >= 15 is 0 Å². The summed E-state index contributed by atoms with van der Waals surface area (Å²) < 4.78 is 0. The fourth-order valence-electron chi connectivity index (χ4n) is 2.25. The van der Waals surface area contributed by atoms with Gasteiger partial charge in [0.1, 0.15) is 0 Å². The standard InChI is InChI=1S/C17H19NO3S/c1-12-3-2-4-13(7-12)8-15(17(20)21)10-18-16(19)9-14-5-6-22-11-14/h2-7,11,15H,8-10H2,1H3,(H,18,19)(H,20,21). The fraction of sp³-hybridized carbons (Fsp3) is 0.294. The summed E-state index contributed by atoms with van der Waals surface area (Å²) in [5, 5.41) is 15.9. The summed E-state index contributed by atoms with van der Waals surface area (Å²) in [4.78, 5) is 23.2. The Balaban J connectivity index is 1.89. The van der Waals surface area contributed by atoms with Gasteiger partial charge in [0.05, 0.1) is 12.3 Å². The average Bonchev–Trinajstić information content (AvgIpc) is 2.96. The number of hydrogen-bond donors (Lipinski definition) is 2. The van der Waals surface area contributed by atoms with Crippen LogP contribution in [0.4, 0.5) is 0 Å². The average molecular weight is 317 g/mol. The summed E-state index contributed by atoms with van der Waals surface area (Å²) in [6.07, 6.45) is 0.704. The lowest BCUT2D eigenvalue weighted by Crippen LogP contribution is -2.34. The monoisotopic (exact) mass is 317 g/mol. The molecule has 1 atom stereocenters. The maximum atomic E-state index is 11.8. The molecule has 0 aliphatic carbocycles. The molecule has 0 fully saturated rings. The minimum Gasteiger partial charge on any atom is -0.481 e. The van der Waals surface area contributed by atoms with Crippen molar-refractivity contribution in [1.82, 2.24) is 5.32 Å². The molecule has 1 aromatic heterocycles. The van der Waals surface area contributed by atoms with Crippen LogP contribution in [0.2, 0.25) is 0 Å². The second-order valence-electron chi connectivity index (χ2n) is 5.34. The Morgan fingerprint density at radius 3 is 2.73 bits per heavy atom. The van der Waals surface area contributed by atoms with Gasteiger partial charge in [-0.15, -0.1) is 0 Å². The highest BCUT2D eigenvalue weighted by Gasteiger charge is 2.19. The van der Waals surface area contributed by atoms with Crippen LogP contribution in [0, 0.1) is 12.8 Å². The van der Waals surface area contributed by atoms with E-state index in [1.54, 1.807) is 0 Å². The normalized spacial score (nSPS) is 11.9. The molecule has 1 amide bonds. The number of aryl methyl sites for hydroxylation is 1. The minimum absolute atomic E-state index is 0.145. The van der Waals surface area contributed by atoms with Crippen molar-refractivity contribution in [2.75, 3.05) is 6.54 Å². The van der Waals surface area contributed by atoms with Gasteiger partial charge in [0, 0.05) is 6.54 Å². The highest BCUT2D eigenvalue weighted by molar-refractivity contribution is 7.07. The molecule has 0 bridgehead atoms. The van der Waals surface area contributed by atoms with Crippen molar-refractivity contribution in [1.29, 1.82) is 0 Å². The predicted octanol–water partition coefficient (Wildman–Crippen LogP) is 2.66. The Morgan fingerprint density at radius 2 is 2.09 bits per heavy atom. The summed E-state index contributed by atoms with van der Waals surface area (Å²) in [6.45, 7) is 2.12. The zero-order valence-electron chi connectivity index (χ0n) is 12.4. The molecule has 0 radical (unpaired) electrons. The first-order valence-electron chi connectivity index (χ1n) is 7.10. The van der Waals surface area contributed by atoms with Crippen LogP contribution in [-0.4, -0.2) is 23.5 Å². The Morgan fingerprint density at radius 1 is 1.27 bits per heavy atom. The molecule has 1 unspecified atom stereocenters. The maximum Gasteiger partial charge on any atom is 0.308 e. The topological polar surface area (TPSA) is 66.4 Å². The first-order chi connectivity index (χ1) is 10.5. The second-order valence-corrected chi connectivity index (χ2v) is 6.12. The molecule has 0 saturated heterocycles. The highest BCUT2D eigenvalue weighted by atomic mass is 32.1. The van der Waals surface area contributed by atoms with E-state index in [0.29, 0.717) is 12.8 Å². The number of carbonyl (C=O) groups is 2. The number of carboxylic acid groups (broad SMARTS) is 1. The van der Waals surface area contributed by atoms with Crippen molar-refractivity contribution in [2.45, 2.75) is 19.8 Å². The van der Waals surface area contributed by atoms with E-state index in [1.165, 1.54) is 11.3 Å². The fourth-order valence-corrected chi connectivity index (χ4v) is 2.92. The van der Waals surface area contributed by atoms with Crippen LogP contribution in [0.25, 0.3) is 0 Å². The number of benzene rings is 1. The zero-order chi connectivity index (χ0) is 15.9. The summed E-state index contributed by atoms with van der Waals surface area (Å²) in [5.74, 6) is -1.65. The van der Waals surface area contributed by atoms with Gasteiger partial charge in [-0.1, -0.05) is 29.8 Å². The van der Waals surface area contributed by atoms with Gasteiger partial charge in [0.2, 0.25) is 5.91 Å². The van der Waals surface area contributed by atoms with Crippen LogP contribution in [0.15, 0.2) is 41.1 Å². The molecule has 0 spiro atoms. The van der Waals surface area contributed by atoms with Crippen LogP contribution in [-0.2, 0) is 22.4 Å². The van der Waals surface area contributed by atoms with Crippen molar-refractivity contribution in [3.63, 3.8) is 0 Å². The van der Waals surface area contributed by atoms with Gasteiger partial charge in [-0.25, -0.2) is 0 Å². The molecule has 4 nitrogen and oxygen atoms in total. The quantitative estimate of drug-likeness (QED) is 0.825. The van der Waals surface area contributed by atoms with Gasteiger partial charge >= 0.3 is 5.97 Å². The van der Waals surface area contributed by atoms with Gasteiger partial charge < -0.3 is 10.4 Å². The van der Waals surface area contributed by atoms with Crippen LogP contribution < -0.4 is 5.32 Å². The lowest BCUT2D eigenvalue weighted by atomic mass is 9.98. The minimum atomic E-state index is -0.891. The third-order valence-corrected chi connectivity index (χ3v) is 4.14. The van der Waals surface area contributed by atoms with Crippen molar-refractivity contribution < 1.29 is 14.7 Å². The van der Waals surface area contributed by atoms with Crippen molar-refractivity contribution >= 4 is 23.2 Å². The third-order valence-electron chi connectivity index (χ3n) is 3.40. The van der Waals surface area contributed by atoms with Gasteiger partial charge in [-0.05, 0) is 41.3 Å². The highest BCUT2D eigenvalue weighted by Crippen LogP contribution is 2.11. The lowest BCUT2D eigenvalue weighted by Gasteiger charge is -2.14. The Kier molecular flexibility index (Phi) is 5.72. The first-order valence-corrected chi connectivity index (χ1v) is 8.05. The van der Waals surface area contributed by atoms with E-state index in [0.717, 1.165) is 16.7 Å². The Hall–Kier alpha value is -2.14. The Labute approximate surface area is 133 Å². The zero-order valence-corrected chi connectivity index (χ0v) is 13.2. The van der Waals surface area contributed by atoms with E-state index in [1.807, 2.05) is 48.0 Å². The van der Waals surface area contributed by atoms with Crippen LogP contribution in [0.1, 0.15) is 16.7 Å². The van der Waals surface area contributed by atoms with Crippen LogP contribution in [0.3, 0.4) is 0 Å². The molecular weight excluding hydrogens is 298 g/mol. The number of carboxylic acids is 1.